The Hall–Kier alpha value is -2.53. The van der Waals surface area contributed by atoms with E-state index in [1.807, 2.05) is 0 Å². The van der Waals surface area contributed by atoms with Crippen molar-refractivity contribution in [1.29, 1.82) is 0 Å². The first-order chi connectivity index (χ1) is 13.9. The minimum atomic E-state index is -4.79. The van der Waals surface area contributed by atoms with E-state index in [1.54, 1.807) is 26.2 Å². The molecule has 162 valence electrons. The van der Waals surface area contributed by atoms with Crippen LogP contribution in [-0.2, 0) is 17.5 Å². The zero-order valence-corrected chi connectivity index (χ0v) is 17.8. The van der Waals surface area contributed by atoms with E-state index >= 15 is 0 Å². The maximum Gasteiger partial charge on any atom is 0.420 e. The van der Waals surface area contributed by atoms with Crippen molar-refractivity contribution in [3.05, 3.63) is 38.7 Å². The molecule has 30 heavy (non-hydrogen) atoms. The highest BCUT2D eigenvalue weighted by Crippen LogP contribution is 2.45. The van der Waals surface area contributed by atoms with Crippen molar-refractivity contribution in [2.75, 3.05) is 6.54 Å². The summed E-state index contributed by atoms with van der Waals surface area (Å²) in [4.78, 5) is 30.5. The minimum absolute atomic E-state index is 0.0830. The monoisotopic (exact) mass is 462 g/mol. The summed E-state index contributed by atoms with van der Waals surface area (Å²) in [5.41, 5.74) is -3.53. The smallest absolute Gasteiger partial charge is 0.420 e. The number of carbonyl (C=O) groups is 1. The highest BCUT2D eigenvalue weighted by Gasteiger charge is 2.41. The Kier molecular flexibility index (Phi) is 5.87. The van der Waals surface area contributed by atoms with E-state index in [2.05, 4.69) is 15.3 Å². The number of aromatic nitrogens is 3. The molecule has 12 heteroatoms. The number of nitrogens with zero attached hydrogens (tertiary/aromatic N) is 2. The maximum atomic E-state index is 14.0. The molecule has 0 aliphatic rings. The second-order valence-electron chi connectivity index (χ2n) is 7.33. The molecule has 0 aliphatic carbocycles. The van der Waals surface area contributed by atoms with Crippen molar-refractivity contribution in [2.45, 2.75) is 39.1 Å². The van der Waals surface area contributed by atoms with Gasteiger partial charge in [-0.2, -0.15) is 13.2 Å². The Bertz CT molecular complexity index is 1140. The Balaban J connectivity index is 2.12. The number of amides is 1. The van der Waals surface area contributed by atoms with Crippen LogP contribution in [0.5, 0.6) is 0 Å². The van der Waals surface area contributed by atoms with Crippen molar-refractivity contribution in [3.8, 4) is 10.6 Å². The van der Waals surface area contributed by atoms with Crippen LogP contribution in [0.25, 0.3) is 21.6 Å². The van der Waals surface area contributed by atoms with Crippen LogP contribution >= 0.6 is 22.9 Å². The molecule has 3 aromatic rings. The predicted octanol–water partition coefficient (Wildman–Crippen LogP) is 4.65. The Morgan fingerprint density at radius 3 is 2.63 bits per heavy atom. The molecule has 0 unspecified atom stereocenters. The topological polar surface area (TPSA) is 89.0 Å². The predicted molar refractivity (Wildman–Crippen MR) is 108 cm³/mol. The highest BCUT2D eigenvalue weighted by molar-refractivity contribution is 7.14. The zero-order chi connectivity index (χ0) is 22.3. The summed E-state index contributed by atoms with van der Waals surface area (Å²) in [5.74, 6) is 0. The number of H-pyrrole nitrogens is 1. The van der Waals surface area contributed by atoms with E-state index in [1.165, 1.54) is 10.6 Å². The summed E-state index contributed by atoms with van der Waals surface area (Å²) >= 11 is 7.14. The third-order valence-electron chi connectivity index (χ3n) is 3.96. The van der Waals surface area contributed by atoms with Gasteiger partial charge in [0.05, 0.1) is 21.9 Å². The number of ether oxygens (including phenoxy) is 1. The third-order valence-corrected chi connectivity index (χ3v) is 5.31. The molecule has 3 aromatic heterocycles. The molecule has 7 nitrogen and oxygen atoms in total. The lowest BCUT2D eigenvalue weighted by molar-refractivity contribution is -0.136. The van der Waals surface area contributed by atoms with Gasteiger partial charge in [-0.1, -0.05) is 11.6 Å². The van der Waals surface area contributed by atoms with E-state index in [9.17, 15) is 22.8 Å². The van der Waals surface area contributed by atoms with Gasteiger partial charge in [-0.15, -0.1) is 11.3 Å². The van der Waals surface area contributed by atoms with E-state index in [-0.39, 0.29) is 34.2 Å². The number of hydrogen-bond donors (Lipinski definition) is 2. The van der Waals surface area contributed by atoms with Gasteiger partial charge in [-0.05, 0) is 32.2 Å². The van der Waals surface area contributed by atoms with Gasteiger partial charge >= 0.3 is 12.3 Å². The van der Waals surface area contributed by atoms with Gasteiger partial charge in [0.15, 0.2) is 0 Å². The molecule has 0 atom stereocenters. The summed E-state index contributed by atoms with van der Waals surface area (Å²) in [5, 5.41) is 4.15. The third kappa shape index (κ3) is 4.46. The first kappa shape index (κ1) is 22.2. The summed E-state index contributed by atoms with van der Waals surface area (Å²) in [6.45, 7) is 4.84. The van der Waals surface area contributed by atoms with Gasteiger partial charge in [0.1, 0.15) is 22.2 Å². The fourth-order valence-corrected chi connectivity index (χ4v) is 4.17. The minimum Gasteiger partial charge on any atom is -0.444 e. The Morgan fingerprint density at radius 2 is 2.07 bits per heavy atom. The van der Waals surface area contributed by atoms with Gasteiger partial charge in [-0.25, -0.2) is 9.78 Å². The number of thiophene rings is 1. The Morgan fingerprint density at radius 1 is 1.37 bits per heavy atom. The number of carbonyl (C=O) groups excluding carboxylic acids is 1. The van der Waals surface area contributed by atoms with Gasteiger partial charge in [0.2, 0.25) is 0 Å². The number of rotatable bonds is 4. The van der Waals surface area contributed by atoms with Crippen molar-refractivity contribution < 1.29 is 22.7 Å². The van der Waals surface area contributed by atoms with Gasteiger partial charge in [-0.3, -0.25) is 4.79 Å². The van der Waals surface area contributed by atoms with Crippen molar-refractivity contribution in [1.82, 2.24) is 19.9 Å². The van der Waals surface area contributed by atoms with E-state index < -0.39 is 34.5 Å². The lowest BCUT2D eigenvalue weighted by Gasteiger charge is -2.20. The van der Waals surface area contributed by atoms with Crippen LogP contribution < -0.4 is 10.9 Å². The van der Waals surface area contributed by atoms with Gasteiger partial charge < -0.3 is 19.6 Å². The summed E-state index contributed by atoms with van der Waals surface area (Å²) < 4.78 is 48.3. The number of halogens is 4. The van der Waals surface area contributed by atoms with E-state index in [4.69, 9.17) is 16.3 Å². The maximum absolute atomic E-state index is 14.0. The zero-order valence-electron chi connectivity index (χ0n) is 16.2. The van der Waals surface area contributed by atoms with Crippen LogP contribution in [0.4, 0.5) is 18.0 Å². The summed E-state index contributed by atoms with van der Waals surface area (Å²) in [6, 6.07) is 1.47. The first-order valence-corrected chi connectivity index (χ1v) is 10.0. The summed E-state index contributed by atoms with van der Waals surface area (Å²) in [7, 11) is 0. The van der Waals surface area contributed by atoms with Crippen molar-refractivity contribution in [3.63, 3.8) is 0 Å². The fourth-order valence-electron chi connectivity index (χ4n) is 2.96. The second-order valence-corrected chi connectivity index (χ2v) is 8.65. The molecule has 0 spiro atoms. The molecule has 1 amide bonds. The molecule has 0 saturated heterocycles. The van der Waals surface area contributed by atoms with Crippen LogP contribution in [-0.4, -0.2) is 32.8 Å². The van der Waals surface area contributed by atoms with E-state index in [0.717, 1.165) is 17.7 Å². The molecule has 0 radical (unpaired) electrons. The number of fused-ring (bicyclic) bond motifs is 1. The average molecular weight is 463 g/mol. The second kappa shape index (κ2) is 7.95. The molecule has 0 bridgehead atoms. The molecule has 3 rings (SSSR count). The molecule has 0 saturated carbocycles. The van der Waals surface area contributed by atoms with E-state index in [0.29, 0.717) is 0 Å². The number of nitrogens with one attached hydrogen (secondary N) is 2. The standard InChI is InChI=1S/C18H18ClF3N4O3S/c1-17(2,3)29-16(28)23-5-6-26-12(14-9(19)4-7-30-14)10(18(20,21)22)11-13(26)15(27)25-8-24-11/h4,7-8H,5-6H2,1-3H3,(H,23,28)(H,24,25,27). The lowest BCUT2D eigenvalue weighted by atomic mass is 10.2. The fraction of sp³-hybridized carbons (Fsp3) is 0.389. The average Bonchev–Trinajstić information content (AvgIpc) is 3.14. The summed E-state index contributed by atoms with van der Waals surface area (Å²) in [6.07, 6.45) is -4.59. The number of alkyl halides is 3. The van der Waals surface area contributed by atoms with Crippen LogP contribution in [0.3, 0.4) is 0 Å². The molecular weight excluding hydrogens is 445 g/mol. The number of hydrogen-bond acceptors (Lipinski definition) is 5. The van der Waals surface area contributed by atoms with Gasteiger partial charge in [0, 0.05) is 13.1 Å². The lowest BCUT2D eigenvalue weighted by Crippen LogP contribution is -2.34. The molecule has 2 N–H and O–H groups in total. The highest BCUT2D eigenvalue weighted by atomic mass is 35.5. The number of alkyl carbamates (subject to hydrolysis) is 1. The molecule has 3 heterocycles. The SMILES string of the molecule is CC(C)(C)OC(=O)NCCn1c(-c2sccc2Cl)c(C(F)(F)F)c2nc[nH]c(=O)c21. The molecule has 0 aromatic carbocycles. The quantitative estimate of drug-likeness (QED) is 0.590. The van der Waals surface area contributed by atoms with Crippen LogP contribution in [0.2, 0.25) is 5.02 Å². The Labute approximate surface area is 177 Å². The first-order valence-electron chi connectivity index (χ1n) is 8.77. The number of aromatic amines is 1. The largest absolute Gasteiger partial charge is 0.444 e. The van der Waals surface area contributed by atoms with Gasteiger partial charge in [0.25, 0.3) is 5.56 Å². The van der Waals surface area contributed by atoms with Crippen molar-refractivity contribution in [2.24, 2.45) is 0 Å². The normalized spacial score (nSPS) is 12.4. The molecular formula is C18H18ClF3N4O3S. The van der Waals surface area contributed by atoms with Crippen LogP contribution in [0, 0.1) is 0 Å². The van der Waals surface area contributed by atoms with Crippen LogP contribution in [0.1, 0.15) is 26.3 Å². The van der Waals surface area contributed by atoms with Crippen LogP contribution in [0.15, 0.2) is 22.6 Å². The molecule has 0 aliphatic heterocycles. The van der Waals surface area contributed by atoms with Crippen molar-refractivity contribution >= 4 is 40.1 Å². The molecule has 0 fully saturated rings.